The summed E-state index contributed by atoms with van der Waals surface area (Å²) in [7, 11) is 0. The summed E-state index contributed by atoms with van der Waals surface area (Å²) < 4.78 is 3.23. The Bertz CT molecular complexity index is 820. The molecule has 3 nitrogen and oxygen atoms in total. The van der Waals surface area contributed by atoms with E-state index in [1.807, 2.05) is 11.4 Å². The Morgan fingerprint density at radius 1 is 1.16 bits per heavy atom. The van der Waals surface area contributed by atoms with Gasteiger partial charge in [0.2, 0.25) is 0 Å². The van der Waals surface area contributed by atoms with Gasteiger partial charge in [0.05, 0.1) is 16.8 Å². The molecule has 1 unspecified atom stereocenters. The van der Waals surface area contributed by atoms with Crippen molar-refractivity contribution in [3.05, 3.63) is 70.7 Å². The molecule has 1 atom stereocenters. The Labute approximate surface area is 161 Å². The van der Waals surface area contributed by atoms with Gasteiger partial charge in [-0.1, -0.05) is 41.9 Å². The molecule has 0 radical (unpaired) electrons. The predicted molar refractivity (Wildman–Crippen MR) is 109 cm³/mol. The van der Waals surface area contributed by atoms with Crippen molar-refractivity contribution in [2.45, 2.75) is 23.8 Å². The molecule has 1 aromatic heterocycles. The monoisotopic (exact) mass is 387 g/mol. The van der Waals surface area contributed by atoms with Crippen molar-refractivity contribution in [2.75, 3.05) is 10.0 Å². The maximum Gasteiger partial charge on any atom is 0.192 e. The van der Waals surface area contributed by atoms with Crippen LogP contribution in [0.25, 0.3) is 0 Å². The number of rotatable bonds is 7. The minimum Gasteiger partial charge on any atom is -0.377 e. The van der Waals surface area contributed by atoms with E-state index >= 15 is 0 Å². The second kappa shape index (κ2) is 7.68. The lowest BCUT2D eigenvalue weighted by Gasteiger charge is -2.21. The Kier molecular flexibility index (Phi) is 5.15. The van der Waals surface area contributed by atoms with Crippen LogP contribution < -0.4 is 10.0 Å². The largest absolute Gasteiger partial charge is 0.377 e. The molecule has 1 fully saturated rings. The van der Waals surface area contributed by atoms with Gasteiger partial charge in [-0.05, 0) is 54.5 Å². The third-order valence-corrected chi connectivity index (χ3v) is 6.11. The number of benzene rings is 2. The topological polar surface area (TPSA) is 37.0 Å². The highest BCUT2D eigenvalue weighted by Crippen LogP contribution is 2.44. The van der Waals surface area contributed by atoms with E-state index in [0.717, 1.165) is 20.7 Å². The smallest absolute Gasteiger partial charge is 0.192 e. The number of aromatic nitrogens is 1. The predicted octanol–water partition coefficient (Wildman–Crippen LogP) is 6.48. The van der Waals surface area contributed by atoms with Gasteiger partial charge < -0.3 is 10.0 Å². The van der Waals surface area contributed by atoms with Crippen LogP contribution in [0.5, 0.6) is 0 Å². The summed E-state index contributed by atoms with van der Waals surface area (Å²) in [5.41, 5.74) is 2.31. The van der Waals surface area contributed by atoms with Crippen LogP contribution in [-0.2, 0) is 0 Å². The lowest BCUT2D eigenvalue weighted by atomic mass is 10.0. The van der Waals surface area contributed by atoms with Crippen LogP contribution in [0, 0.1) is 5.92 Å². The maximum absolute atomic E-state index is 6.53. The quantitative estimate of drug-likeness (QED) is 0.455. The molecule has 1 heterocycles. The van der Waals surface area contributed by atoms with Gasteiger partial charge >= 0.3 is 0 Å². The van der Waals surface area contributed by atoms with Crippen LogP contribution in [0.3, 0.4) is 0 Å². The van der Waals surface area contributed by atoms with E-state index in [4.69, 9.17) is 11.6 Å². The van der Waals surface area contributed by atoms with Crippen molar-refractivity contribution >= 4 is 45.7 Å². The summed E-state index contributed by atoms with van der Waals surface area (Å²) in [6.45, 7) is 0. The fourth-order valence-corrected chi connectivity index (χ4v) is 4.34. The van der Waals surface area contributed by atoms with Gasteiger partial charge in [-0.15, -0.1) is 11.3 Å². The van der Waals surface area contributed by atoms with Gasteiger partial charge in [0.25, 0.3) is 0 Å². The molecular formula is C19H18ClN3S2. The number of anilines is 2. The van der Waals surface area contributed by atoms with Gasteiger partial charge in [-0.25, -0.2) is 4.98 Å². The number of hydrogen-bond donors (Lipinski definition) is 2. The molecule has 25 heavy (non-hydrogen) atoms. The van der Waals surface area contributed by atoms with Gasteiger partial charge in [0.15, 0.2) is 5.13 Å². The molecule has 0 saturated heterocycles. The fraction of sp³-hybridized carbons (Fsp3) is 0.211. The first-order valence-electron chi connectivity index (χ1n) is 8.23. The van der Waals surface area contributed by atoms with Gasteiger partial charge in [0, 0.05) is 16.5 Å². The van der Waals surface area contributed by atoms with Crippen molar-refractivity contribution in [1.82, 2.24) is 4.98 Å². The standard InChI is InChI=1S/C19H18ClN3S2/c20-16-12-15(25-23-19-21-10-11-24-19)8-9-17(16)22-18(14-6-7-14)13-4-2-1-3-5-13/h1-5,8-12,14,18,22H,6-7H2,(H,21,23). The van der Waals surface area contributed by atoms with Crippen molar-refractivity contribution < 1.29 is 0 Å². The third kappa shape index (κ3) is 4.29. The molecule has 1 aliphatic carbocycles. The highest BCUT2D eigenvalue weighted by atomic mass is 35.5. The van der Waals surface area contributed by atoms with Crippen LogP contribution in [-0.4, -0.2) is 4.98 Å². The second-order valence-electron chi connectivity index (χ2n) is 6.05. The fourth-order valence-electron chi connectivity index (χ4n) is 2.78. The molecule has 1 aliphatic rings. The van der Waals surface area contributed by atoms with Crippen molar-refractivity contribution in [3.8, 4) is 0 Å². The zero-order chi connectivity index (χ0) is 17.1. The van der Waals surface area contributed by atoms with E-state index in [-0.39, 0.29) is 0 Å². The highest BCUT2D eigenvalue weighted by Gasteiger charge is 2.32. The summed E-state index contributed by atoms with van der Waals surface area (Å²) in [5, 5.41) is 7.23. The molecule has 0 bridgehead atoms. The van der Waals surface area contributed by atoms with E-state index < -0.39 is 0 Å². The normalized spacial score (nSPS) is 14.9. The molecule has 0 aliphatic heterocycles. The number of hydrogen-bond acceptors (Lipinski definition) is 5. The minimum atomic E-state index is 0.325. The number of nitrogens with zero attached hydrogens (tertiary/aromatic N) is 1. The number of nitrogens with one attached hydrogen (secondary N) is 2. The molecule has 2 N–H and O–H groups in total. The molecule has 0 amide bonds. The summed E-state index contributed by atoms with van der Waals surface area (Å²) in [5.74, 6) is 0.694. The first kappa shape index (κ1) is 16.8. The molecule has 4 rings (SSSR count). The van der Waals surface area contributed by atoms with Gasteiger partial charge in [0.1, 0.15) is 0 Å². The van der Waals surface area contributed by atoms with E-state index in [1.54, 1.807) is 17.5 Å². The van der Waals surface area contributed by atoms with Crippen LogP contribution in [0.1, 0.15) is 24.4 Å². The molecule has 3 aromatic rings. The first-order valence-corrected chi connectivity index (χ1v) is 10.3. The summed E-state index contributed by atoms with van der Waals surface area (Å²) >= 11 is 9.63. The van der Waals surface area contributed by atoms with E-state index in [2.05, 4.69) is 57.5 Å². The average Bonchev–Trinajstić information content (AvgIpc) is 3.34. The van der Waals surface area contributed by atoms with Crippen LogP contribution in [0.4, 0.5) is 10.8 Å². The number of thiazole rings is 1. The number of halogens is 1. The van der Waals surface area contributed by atoms with Crippen molar-refractivity contribution in [3.63, 3.8) is 0 Å². The first-order chi connectivity index (χ1) is 12.3. The molecule has 2 aromatic carbocycles. The van der Waals surface area contributed by atoms with Crippen LogP contribution in [0.15, 0.2) is 65.0 Å². The average molecular weight is 388 g/mol. The molecule has 1 saturated carbocycles. The lowest BCUT2D eigenvalue weighted by molar-refractivity contribution is 0.679. The van der Waals surface area contributed by atoms with Crippen molar-refractivity contribution in [2.24, 2.45) is 5.92 Å². The van der Waals surface area contributed by atoms with E-state index in [9.17, 15) is 0 Å². The SMILES string of the molecule is Clc1cc(SNc2nccs2)ccc1NC(c1ccccc1)C1CC1. The van der Waals surface area contributed by atoms with Gasteiger partial charge in [-0.3, -0.25) is 0 Å². The second-order valence-corrected chi connectivity index (χ2v) is 8.23. The third-order valence-electron chi connectivity index (χ3n) is 4.19. The lowest BCUT2D eigenvalue weighted by Crippen LogP contribution is -2.13. The molecule has 128 valence electrons. The van der Waals surface area contributed by atoms with Crippen molar-refractivity contribution in [1.29, 1.82) is 0 Å². The highest BCUT2D eigenvalue weighted by molar-refractivity contribution is 8.00. The summed E-state index contributed by atoms with van der Waals surface area (Å²) in [4.78, 5) is 5.28. The minimum absolute atomic E-state index is 0.325. The van der Waals surface area contributed by atoms with E-state index in [1.165, 1.54) is 30.4 Å². The molecule has 6 heteroatoms. The maximum atomic E-state index is 6.53. The summed E-state index contributed by atoms with van der Waals surface area (Å²) in [6.07, 6.45) is 4.33. The Balaban J connectivity index is 1.46. The zero-order valence-electron chi connectivity index (χ0n) is 13.5. The Morgan fingerprint density at radius 2 is 2.00 bits per heavy atom. The van der Waals surface area contributed by atoms with Gasteiger partial charge in [-0.2, -0.15) is 0 Å². The van der Waals surface area contributed by atoms with E-state index in [0.29, 0.717) is 12.0 Å². The Morgan fingerprint density at radius 3 is 2.68 bits per heavy atom. The molecule has 0 spiro atoms. The zero-order valence-corrected chi connectivity index (χ0v) is 15.9. The Hall–Kier alpha value is -1.69. The van der Waals surface area contributed by atoms with Crippen LogP contribution in [0.2, 0.25) is 5.02 Å². The summed E-state index contributed by atoms with van der Waals surface area (Å²) in [6, 6.07) is 17.1. The molecular weight excluding hydrogens is 370 g/mol. The van der Waals surface area contributed by atoms with Crippen LogP contribution >= 0.6 is 34.9 Å².